The summed E-state index contributed by atoms with van der Waals surface area (Å²) in [4.78, 5) is 16.3. The van der Waals surface area contributed by atoms with Crippen LogP contribution in [-0.4, -0.2) is 66.4 Å². The maximum atomic E-state index is 10.9. The molecule has 1 aliphatic rings. The summed E-state index contributed by atoms with van der Waals surface area (Å²) in [5.74, 6) is 0.551. The van der Waals surface area contributed by atoms with E-state index in [9.17, 15) is 10.1 Å². The van der Waals surface area contributed by atoms with E-state index in [1.54, 1.807) is 4.57 Å². The van der Waals surface area contributed by atoms with Crippen molar-refractivity contribution in [2.45, 2.75) is 51.6 Å². The average molecular weight is 457 g/mol. The highest BCUT2D eigenvalue weighted by molar-refractivity contribution is 5.28. The summed E-state index contributed by atoms with van der Waals surface area (Å²) in [5, 5.41) is 23.3. The lowest BCUT2D eigenvalue weighted by atomic mass is 10.0. The van der Waals surface area contributed by atoms with Gasteiger partial charge in [0.15, 0.2) is 5.82 Å². The van der Waals surface area contributed by atoms with Crippen LogP contribution in [0.15, 0.2) is 30.5 Å². The minimum atomic E-state index is -0.535. The quantitative estimate of drug-likeness (QED) is 0.388. The molecule has 0 saturated carbocycles. The number of imidazole rings is 1. The predicted molar refractivity (Wildman–Crippen MR) is 118 cm³/mol. The number of benzene rings is 1. The number of nitrogens with zero attached hydrogens (tertiary/aromatic N) is 8. The van der Waals surface area contributed by atoms with Crippen molar-refractivity contribution in [3.05, 3.63) is 57.5 Å². The number of hydrogen-bond acceptors (Lipinski definition) is 9. The van der Waals surface area contributed by atoms with Crippen molar-refractivity contribution in [2.75, 3.05) is 20.7 Å². The Morgan fingerprint density at radius 3 is 2.67 bits per heavy atom. The van der Waals surface area contributed by atoms with Gasteiger partial charge in [-0.3, -0.25) is 9.47 Å². The van der Waals surface area contributed by atoms with Gasteiger partial charge in [-0.05, 0) is 61.3 Å². The maximum Gasteiger partial charge on any atom is 0.414 e. The number of fused-ring (bicyclic) bond motifs is 1. The number of nitro groups is 1. The van der Waals surface area contributed by atoms with Crippen LogP contribution in [0.3, 0.4) is 0 Å². The van der Waals surface area contributed by atoms with E-state index in [2.05, 4.69) is 58.3 Å². The van der Waals surface area contributed by atoms with E-state index < -0.39 is 4.92 Å². The van der Waals surface area contributed by atoms with Gasteiger partial charge in [0.2, 0.25) is 0 Å². The smallest absolute Gasteiger partial charge is 0.414 e. The summed E-state index contributed by atoms with van der Waals surface area (Å²) in [6.07, 6.45) is 1.14. The van der Waals surface area contributed by atoms with Crippen molar-refractivity contribution in [3.8, 4) is 6.01 Å². The van der Waals surface area contributed by atoms with E-state index in [0.717, 1.165) is 17.0 Å². The molecule has 3 aromatic rings. The molecule has 33 heavy (non-hydrogen) atoms. The molecule has 1 aliphatic heterocycles. The van der Waals surface area contributed by atoms with E-state index in [1.807, 2.05) is 30.9 Å². The molecule has 176 valence electrons. The summed E-state index contributed by atoms with van der Waals surface area (Å²) in [6, 6.07) is 8.30. The maximum absolute atomic E-state index is 10.9. The first-order valence-corrected chi connectivity index (χ1v) is 10.6. The lowest BCUT2D eigenvalue weighted by molar-refractivity contribution is -0.389. The molecule has 12 nitrogen and oxygen atoms in total. The topological polar surface area (TPSA) is 126 Å². The Bertz CT molecular complexity index is 1120. The van der Waals surface area contributed by atoms with Gasteiger partial charge < -0.3 is 19.6 Å². The minimum absolute atomic E-state index is 0.101. The van der Waals surface area contributed by atoms with Gasteiger partial charge in [-0.15, -0.1) is 5.10 Å². The van der Waals surface area contributed by atoms with Gasteiger partial charge in [0, 0.05) is 4.98 Å². The highest BCUT2D eigenvalue weighted by atomic mass is 16.6. The van der Waals surface area contributed by atoms with E-state index in [4.69, 9.17) is 9.47 Å². The van der Waals surface area contributed by atoms with Crippen LogP contribution in [0, 0.1) is 10.1 Å². The lowest BCUT2D eigenvalue weighted by Gasteiger charge is -2.28. The number of aromatic nitrogens is 6. The molecule has 0 amide bonds. The molecule has 0 aliphatic carbocycles. The van der Waals surface area contributed by atoms with Crippen LogP contribution in [0.4, 0.5) is 5.82 Å². The molecule has 0 saturated heterocycles. The fraction of sp³-hybridized carbons (Fsp3) is 0.524. The molecule has 0 spiro atoms. The Balaban J connectivity index is 1.43. The second kappa shape index (κ2) is 8.87. The Labute approximate surface area is 191 Å². The van der Waals surface area contributed by atoms with Crippen LogP contribution in [0.5, 0.6) is 6.01 Å². The van der Waals surface area contributed by atoms with Crippen LogP contribution >= 0.6 is 0 Å². The first kappa shape index (κ1) is 22.8. The van der Waals surface area contributed by atoms with Gasteiger partial charge in [0.1, 0.15) is 18.9 Å². The Morgan fingerprint density at radius 1 is 1.30 bits per heavy atom. The lowest BCUT2D eigenvalue weighted by Crippen LogP contribution is -2.32. The zero-order chi connectivity index (χ0) is 23.8. The molecule has 4 rings (SSSR count). The SMILES string of the molecule is CN(C)C(c1ccc(COC2COc3nc([N+](=O)[O-])cn3C2)cc1)c1nnnn1C(C)(C)C. The molecule has 2 atom stereocenters. The first-order valence-electron chi connectivity index (χ1n) is 10.6. The monoisotopic (exact) mass is 456 g/mol. The molecular weight excluding hydrogens is 428 g/mol. The van der Waals surface area contributed by atoms with Crippen molar-refractivity contribution in [3.63, 3.8) is 0 Å². The van der Waals surface area contributed by atoms with Crippen molar-refractivity contribution in [1.82, 2.24) is 34.7 Å². The molecule has 1 aromatic carbocycles. The molecule has 12 heteroatoms. The third kappa shape index (κ3) is 4.86. The van der Waals surface area contributed by atoms with Crippen molar-refractivity contribution in [1.29, 1.82) is 0 Å². The second-order valence-corrected chi connectivity index (χ2v) is 9.26. The van der Waals surface area contributed by atoms with Crippen LogP contribution in [0.25, 0.3) is 0 Å². The molecule has 0 bridgehead atoms. The number of hydrogen-bond donors (Lipinski definition) is 0. The van der Waals surface area contributed by atoms with E-state index in [-0.39, 0.29) is 29.5 Å². The van der Waals surface area contributed by atoms with Gasteiger partial charge in [0.25, 0.3) is 0 Å². The zero-order valence-electron chi connectivity index (χ0n) is 19.4. The van der Waals surface area contributed by atoms with E-state index >= 15 is 0 Å². The third-order valence-electron chi connectivity index (χ3n) is 5.38. The van der Waals surface area contributed by atoms with Gasteiger partial charge in [-0.1, -0.05) is 24.3 Å². The molecule has 3 heterocycles. The third-order valence-corrected chi connectivity index (χ3v) is 5.38. The van der Waals surface area contributed by atoms with E-state index in [1.165, 1.54) is 6.20 Å². The normalized spacial score (nSPS) is 17.0. The van der Waals surface area contributed by atoms with Crippen LogP contribution in [0.1, 0.15) is 43.8 Å². The van der Waals surface area contributed by atoms with Gasteiger partial charge in [-0.25, -0.2) is 4.68 Å². The van der Waals surface area contributed by atoms with Gasteiger partial charge in [0.05, 0.1) is 24.7 Å². The molecule has 2 aromatic heterocycles. The summed E-state index contributed by atoms with van der Waals surface area (Å²) >= 11 is 0. The molecule has 2 unspecified atom stereocenters. The second-order valence-electron chi connectivity index (χ2n) is 9.26. The van der Waals surface area contributed by atoms with Gasteiger partial charge >= 0.3 is 11.8 Å². The summed E-state index contributed by atoms with van der Waals surface area (Å²) in [5.41, 5.74) is 1.84. The minimum Gasteiger partial charge on any atom is -0.443 e. The van der Waals surface area contributed by atoms with Gasteiger partial charge in [-0.2, -0.15) is 0 Å². The number of ether oxygens (including phenoxy) is 2. The van der Waals surface area contributed by atoms with Crippen LogP contribution < -0.4 is 4.74 Å². The molecule has 0 radical (unpaired) electrons. The standard InChI is InChI=1S/C21H28N8O4/c1-21(2,3)28-19(23-24-25-28)18(26(4)5)15-8-6-14(7-9-15)12-32-16-10-27-11-17(29(30)31)22-20(27)33-13-16/h6-9,11,16,18H,10,12-13H2,1-5H3. The zero-order valence-corrected chi connectivity index (χ0v) is 19.4. The molecule has 0 N–H and O–H groups in total. The summed E-state index contributed by atoms with van der Waals surface area (Å²) < 4.78 is 15.0. The van der Waals surface area contributed by atoms with Crippen molar-refractivity contribution in [2.24, 2.45) is 0 Å². The van der Waals surface area contributed by atoms with Crippen molar-refractivity contribution < 1.29 is 14.4 Å². The molecular formula is C21H28N8O4. The van der Waals surface area contributed by atoms with Crippen LogP contribution in [-0.2, 0) is 23.4 Å². The number of rotatable bonds is 7. The summed E-state index contributed by atoms with van der Waals surface area (Å²) in [6.45, 7) is 7.35. The Morgan fingerprint density at radius 2 is 2.03 bits per heavy atom. The van der Waals surface area contributed by atoms with Crippen molar-refractivity contribution >= 4 is 5.82 Å². The first-order chi connectivity index (χ1) is 15.6. The fourth-order valence-corrected chi connectivity index (χ4v) is 3.79. The Kier molecular flexibility index (Phi) is 6.13. The fourth-order valence-electron chi connectivity index (χ4n) is 3.79. The largest absolute Gasteiger partial charge is 0.443 e. The predicted octanol–water partition coefficient (Wildman–Crippen LogP) is 2.16. The highest BCUT2D eigenvalue weighted by Crippen LogP contribution is 2.28. The van der Waals surface area contributed by atoms with E-state index in [0.29, 0.717) is 19.8 Å². The Hall–Kier alpha value is -3.38. The van der Waals surface area contributed by atoms with Crippen LogP contribution in [0.2, 0.25) is 0 Å². The average Bonchev–Trinajstić information content (AvgIpc) is 3.40. The summed E-state index contributed by atoms with van der Waals surface area (Å²) in [7, 11) is 4.00. The highest BCUT2D eigenvalue weighted by Gasteiger charge is 2.29. The number of tetrazole rings is 1. The molecule has 0 fully saturated rings.